The summed E-state index contributed by atoms with van der Waals surface area (Å²) >= 11 is 0. The normalized spacial score (nSPS) is 11.0. The van der Waals surface area contributed by atoms with E-state index < -0.39 is 11.5 Å². The van der Waals surface area contributed by atoms with Crippen molar-refractivity contribution in [3.8, 4) is 11.6 Å². The number of carbonyl (C=O) groups excluding carboxylic acids is 2. The molecule has 0 bridgehead atoms. The molecule has 0 aliphatic heterocycles. The minimum absolute atomic E-state index is 0.0652. The van der Waals surface area contributed by atoms with Crippen LogP contribution in [-0.4, -0.2) is 39.0 Å². The van der Waals surface area contributed by atoms with Crippen molar-refractivity contribution in [2.24, 2.45) is 5.73 Å². The van der Waals surface area contributed by atoms with Gasteiger partial charge in [-0.2, -0.15) is 0 Å². The molecule has 172 valence electrons. The zero-order valence-corrected chi connectivity index (χ0v) is 19.0. The summed E-state index contributed by atoms with van der Waals surface area (Å²) in [5.74, 6) is 0.138. The summed E-state index contributed by atoms with van der Waals surface area (Å²) in [7, 11) is 0. The van der Waals surface area contributed by atoms with E-state index in [2.05, 4.69) is 9.97 Å². The van der Waals surface area contributed by atoms with Gasteiger partial charge in [-0.1, -0.05) is 42.5 Å². The summed E-state index contributed by atoms with van der Waals surface area (Å²) in [6.07, 6.45) is 2.96. The minimum atomic E-state index is -0.653. The molecule has 0 atom stereocenters. The number of nitrogens with zero attached hydrogens (tertiary/aromatic N) is 3. The molecule has 2 aromatic carbocycles. The maximum atomic E-state index is 12.8. The molecular weight excluding hydrogens is 420 g/mol. The van der Waals surface area contributed by atoms with Crippen LogP contribution in [0.25, 0.3) is 0 Å². The van der Waals surface area contributed by atoms with Crippen molar-refractivity contribution < 1.29 is 19.1 Å². The van der Waals surface area contributed by atoms with E-state index in [1.807, 2.05) is 63.2 Å². The molecule has 0 unspecified atom stereocenters. The highest BCUT2D eigenvalue weighted by Gasteiger charge is 2.22. The smallest absolute Gasteiger partial charge is 0.410 e. The van der Waals surface area contributed by atoms with E-state index in [9.17, 15) is 9.59 Å². The molecule has 33 heavy (non-hydrogen) atoms. The third-order valence-corrected chi connectivity index (χ3v) is 4.56. The average molecular weight is 449 g/mol. The molecule has 0 aliphatic rings. The zero-order chi connectivity index (χ0) is 23.8. The summed E-state index contributed by atoms with van der Waals surface area (Å²) in [5.41, 5.74) is 6.73. The third kappa shape index (κ3) is 7.60. The van der Waals surface area contributed by atoms with Gasteiger partial charge in [0, 0.05) is 13.1 Å². The monoisotopic (exact) mass is 448 g/mol. The number of hydrogen-bond acceptors (Lipinski definition) is 6. The van der Waals surface area contributed by atoms with Crippen molar-refractivity contribution in [1.29, 1.82) is 0 Å². The van der Waals surface area contributed by atoms with E-state index in [4.69, 9.17) is 15.2 Å². The number of benzene rings is 2. The van der Waals surface area contributed by atoms with Gasteiger partial charge < -0.3 is 20.1 Å². The molecule has 1 aromatic heterocycles. The van der Waals surface area contributed by atoms with Crippen molar-refractivity contribution in [1.82, 2.24) is 14.9 Å². The summed E-state index contributed by atoms with van der Waals surface area (Å²) < 4.78 is 11.3. The van der Waals surface area contributed by atoms with Gasteiger partial charge in [-0.25, -0.2) is 14.8 Å². The van der Waals surface area contributed by atoms with Crippen LogP contribution in [-0.2, 0) is 17.7 Å². The van der Waals surface area contributed by atoms with Gasteiger partial charge in [0.05, 0.1) is 12.4 Å². The summed E-state index contributed by atoms with van der Waals surface area (Å²) in [6, 6.07) is 17.3. The highest BCUT2D eigenvalue weighted by molar-refractivity contribution is 5.90. The first-order valence-corrected chi connectivity index (χ1v) is 10.6. The Bertz CT molecular complexity index is 1060. The maximum absolute atomic E-state index is 12.8. The van der Waals surface area contributed by atoms with Gasteiger partial charge in [0.15, 0.2) is 0 Å². The molecule has 0 spiro atoms. The fourth-order valence-electron chi connectivity index (χ4n) is 2.97. The first-order chi connectivity index (χ1) is 15.7. The van der Waals surface area contributed by atoms with E-state index >= 15 is 0 Å². The number of carbonyl (C=O) groups is 2. The lowest BCUT2D eigenvalue weighted by Crippen LogP contribution is -2.37. The number of ether oxygens (including phenoxy) is 2. The molecule has 0 aliphatic carbocycles. The van der Waals surface area contributed by atoms with Gasteiger partial charge in [-0.15, -0.1) is 0 Å². The van der Waals surface area contributed by atoms with E-state index in [0.29, 0.717) is 18.8 Å². The van der Waals surface area contributed by atoms with Crippen LogP contribution in [0.3, 0.4) is 0 Å². The third-order valence-electron chi connectivity index (χ3n) is 4.56. The molecule has 0 fully saturated rings. The Labute approximate surface area is 193 Å². The van der Waals surface area contributed by atoms with Gasteiger partial charge in [-0.05, 0) is 50.5 Å². The fourth-order valence-corrected chi connectivity index (χ4v) is 2.97. The van der Waals surface area contributed by atoms with Crippen molar-refractivity contribution in [2.45, 2.75) is 39.3 Å². The van der Waals surface area contributed by atoms with Gasteiger partial charge in [0.1, 0.15) is 17.0 Å². The first kappa shape index (κ1) is 23.7. The molecule has 0 saturated heterocycles. The van der Waals surface area contributed by atoms with Crippen LogP contribution in [0.2, 0.25) is 0 Å². The zero-order valence-electron chi connectivity index (χ0n) is 19.0. The fraction of sp³-hybridized carbons (Fsp3) is 0.280. The summed E-state index contributed by atoms with van der Waals surface area (Å²) in [4.78, 5) is 33.5. The van der Waals surface area contributed by atoms with Crippen molar-refractivity contribution in [3.63, 3.8) is 0 Å². The minimum Gasteiger partial charge on any atom is -0.444 e. The predicted molar refractivity (Wildman–Crippen MR) is 124 cm³/mol. The van der Waals surface area contributed by atoms with Gasteiger partial charge >= 0.3 is 6.09 Å². The van der Waals surface area contributed by atoms with Crippen molar-refractivity contribution in [2.75, 3.05) is 6.54 Å². The molecule has 2 amide bonds. The van der Waals surface area contributed by atoms with Crippen LogP contribution in [0.5, 0.6) is 11.6 Å². The molecule has 2 N–H and O–H groups in total. The molecule has 1 heterocycles. The lowest BCUT2D eigenvalue weighted by atomic mass is 10.1. The molecule has 8 heteroatoms. The second kappa shape index (κ2) is 10.6. The number of nitrogens with two attached hydrogens (primary N) is 1. The van der Waals surface area contributed by atoms with Crippen LogP contribution in [0.4, 0.5) is 4.79 Å². The predicted octanol–water partition coefficient (Wildman–Crippen LogP) is 4.35. The Hall–Kier alpha value is -3.94. The molecular formula is C25H28N4O4. The maximum Gasteiger partial charge on any atom is 0.410 e. The van der Waals surface area contributed by atoms with Crippen LogP contribution in [0.1, 0.15) is 42.4 Å². The topological polar surface area (TPSA) is 108 Å². The van der Waals surface area contributed by atoms with Gasteiger partial charge in [0.2, 0.25) is 5.88 Å². The van der Waals surface area contributed by atoms with Crippen molar-refractivity contribution >= 4 is 12.0 Å². The second-order valence-electron chi connectivity index (χ2n) is 8.49. The number of primary amides is 1. The lowest BCUT2D eigenvalue weighted by Gasteiger charge is -2.27. The average Bonchev–Trinajstić information content (AvgIpc) is 2.77. The van der Waals surface area contributed by atoms with E-state index in [-0.39, 0.29) is 17.7 Å². The quantitative estimate of drug-likeness (QED) is 0.549. The highest BCUT2D eigenvalue weighted by Crippen LogP contribution is 2.21. The standard InChI is InChI=1S/C25H28N4O4/c1-25(2,3)33-24(31)29(14-13-18-7-5-4-6-8-18)17-19-9-11-20(12-10-19)32-22-16-27-21(15-28-22)23(26)30/h4-12,15-16H,13-14,17H2,1-3H3,(H2,26,30). The lowest BCUT2D eigenvalue weighted by molar-refractivity contribution is 0.0235. The van der Waals surface area contributed by atoms with Crippen LogP contribution in [0, 0.1) is 0 Å². The van der Waals surface area contributed by atoms with Crippen LogP contribution < -0.4 is 10.5 Å². The van der Waals surface area contributed by atoms with Gasteiger partial charge in [-0.3, -0.25) is 4.79 Å². The van der Waals surface area contributed by atoms with E-state index in [0.717, 1.165) is 17.5 Å². The van der Waals surface area contributed by atoms with Crippen molar-refractivity contribution in [3.05, 3.63) is 83.8 Å². The Morgan fingerprint density at radius 3 is 2.21 bits per heavy atom. The SMILES string of the molecule is CC(C)(C)OC(=O)N(CCc1ccccc1)Cc1ccc(Oc2cnc(C(N)=O)cn2)cc1. The Morgan fingerprint density at radius 1 is 0.939 bits per heavy atom. The highest BCUT2D eigenvalue weighted by atomic mass is 16.6. The number of rotatable bonds is 8. The van der Waals surface area contributed by atoms with Crippen LogP contribution >= 0.6 is 0 Å². The summed E-state index contributed by atoms with van der Waals surface area (Å²) in [6.45, 7) is 6.48. The largest absolute Gasteiger partial charge is 0.444 e. The molecule has 0 radical (unpaired) electrons. The second-order valence-corrected chi connectivity index (χ2v) is 8.49. The first-order valence-electron chi connectivity index (χ1n) is 10.6. The van der Waals surface area contributed by atoms with E-state index in [1.165, 1.54) is 12.4 Å². The number of amides is 2. The molecule has 0 saturated carbocycles. The molecule has 3 aromatic rings. The van der Waals surface area contributed by atoms with Crippen LogP contribution in [0.15, 0.2) is 67.0 Å². The van der Waals surface area contributed by atoms with Gasteiger partial charge in [0.25, 0.3) is 5.91 Å². The Morgan fingerprint density at radius 2 is 1.64 bits per heavy atom. The Kier molecular flexibility index (Phi) is 7.61. The number of hydrogen-bond donors (Lipinski definition) is 1. The number of aromatic nitrogens is 2. The molecule has 3 rings (SSSR count). The Balaban J connectivity index is 1.66. The van der Waals surface area contributed by atoms with E-state index in [1.54, 1.807) is 17.0 Å². The molecule has 8 nitrogen and oxygen atoms in total. The summed E-state index contributed by atoms with van der Waals surface area (Å²) in [5, 5.41) is 0.